The summed E-state index contributed by atoms with van der Waals surface area (Å²) in [6, 6.07) is 3.77. The van der Waals surface area contributed by atoms with Crippen LogP contribution < -0.4 is 5.73 Å². The summed E-state index contributed by atoms with van der Waals surface area (Å²) in [7, 11) is 0. The number of hydrogen-bond donors (Lipinski definition) is 1. The van der Waals surface area contributed by atoms with Gasteiger partial charge in [0, 0.05) is 24.7 Å². The normalized spacial score (nSPS) is 19.8. The maximum Gasteiger partial charge on any atom is 0.266 e. The van der Waals surface area contributed by atoms with Gasteiger partial charge in [-0.3, -0.25) is 4.79 Å². The molecule has 100 valence electrons. The molecule has 0 radical (unpaired) electrons. The van der Waals surface area contributed by atoms with Gasteiger partial charge in [-0.15, -0.1) is 11.3 Å². The van der Waals surface area contributed by atoms with E-state index in [-0.39, 0.29) is 5.91 Å². The first-order valence-electron chi connectivity index (χ1n) is 6.59. The molecule has 0 bridgehead atoms. The Hall–Kier alpha value is -1.62. The number of likely N-dealkylation sites (tertiary alicyclic amines) is 1. The number of pyridine rings is 1. The Morgan fingerprint density at radius 2 is 2.42 bits per heavy atom. The number of anilines is 1. The van der Waals surface area contributed by atoms with E-state index in [9.17, 15) is 4.79 Å². The summed E-state index contributed by atoms with van der Waals surface area (Å²) in [5.41, 5.74) is 6.68. The van der Waals surface area contributed by atoms with Gasteiger partial charge in [0.25, 0.3) is 5.91 Å². The van der Waals surface area contributed by atoms with Crippen LogP contribution in [0.4, 0.5) is 5.69 Å². The van der Waals surface area contributed by atoms with Crippen molar-refractivity contribution in [3.8, 4) is 0 Å². The van der Waals surface area contributed by atoms with Gasteiger partial charge < -0.3 is 10.6 Å². The Morgan fingerprint density at radius 1 is 1.58 bits per heavy atom. The minimum absolute atomic E-state index is 0.0621. The highest BCUT2D eigenvalue weighted by molar-refractivity contribution is 7.21. The van der Waals surface area contributed by atoms with Crippen molar-refractivity contribution in [2.45, 2.75) is 19.8 Å². The van der Waals surface area contributed by atoms with Gasteiger partial charge in [-0.05, 0) is 30.9 Å². The van der Waals surface area contributed by atoms with Crippen LogP contribution in [-0.2, 0) is 0 Å². The Morgan fingerprint density at radius 3 is 3.16 bits per heavy atom. The predicted octanol–water partition coefficient (Wildman–Crippen LogP) is 2.75. The van der Waals surface area contributed by atoms with Crippen molar-refractivity contribution in [2.24, 2.45) is 5.92 Å². The van der Waals surface area contributed by atoms with Crippen molar-refractivity contribution in [1.82, 2.24) is 9.88 Å². The minimum atomic E-state index is 0.0621. The molecule has 1 saturated heterocycles. The number of hydrogen-bond acceptors (Lipinski definition) is 4. The number of carbonyl (C=O) groups is 1. The zero-order chi connectivity index (χ0) is 13.4. The molecular weight excluding hydrogens is 258 g/mol. The van der Waals surface area contributed by atoms with Crippen LogP contribution in [0, 0.1) is 5.92 Å². The van der Waals surface area contributed by atoms with Gasteiger partial charge in [0.1, 0.15) is 9.71 Å². The summed E-state index contributed by atoms with van der Waals surface area (Å²) in [4.78, 5) is 20.2. The third kappa shape index (κ3) is 2.18. The van der Waals surface area contributed by atoms with Gasteiger partial charge >= 0.3 is 0 Å². The monoisotopic (exact) mass is 275 g/mol. The first-order valence-corrected chi connectivity index (χ1v) is 7.40. The van der Waals surface area contributed by atoms with Crippen LogP contribution in [-0.4, -0.2) is 28.9 Å². The highest BCUT2D eigenvalue weighted by Gasteiger charge is 2.25. The zero-order valence-electron chi connectivity index (χ0n) is 10.9. The van der Waals surface area contributed by atoms with Crippen LogP contribution in [0.25, 0.3) is 10.2 Å². The molecule has 3 rings (SSSR count). The highest BCUT2D eigenvalue weighted by Crippen LogP contribution is 2.33. The smallest absolute Gasteiger partial charge is 0.266 e. The number of aromatic nitrogens is 1. The van der Waals surface area contributed by atoms with E-state index in [2.05, 4.69) is 11.9 Å². The number of fused-ring (bicyclic) bond motifs is 1. The minimum Gasteiger partial charge on any atom is -0.397 e. The number of carbonyl (C=O) groups excluding carboxylic acids is 1. The average molecular weight is 275 g/mol. The topological polar surface area (TPSA) is 59.2 Å². The second-order valence-electron chi connectivity index (χ2n) is 5.20. The molecule has 2 aromatic rings. The lowest BCUT2D eigenvalue weighted by Crippen LogP contribution is -2.38. The lowest BCUT2D eigenvalue weighted by atomic mass is 10.0. The van der Waals surface area contributed by atoms with E-state index in [1.54, 1.807) is 6.20 Å². The van der Waals surface area contributed by atoms with Crippen molar-refractivity contribution >= 4 is 33.1 Å². The number of nitrogen functional groups attached to an aromatic ring is 1. The summed E-state index contributed by atoms with van der Waals surface area (Å²) in [6.07, 6.45) is 4.01. The Kier molecular flexibility index (Phi) is 3.14. The van der Waals surface area contributed by atoms with E-state index in [0.29, 0.717) is 16.5 Å². The number of amides is 1. The van der Waals surface area contributed by atoms with Crippen LogP contribution in [0.5, 0.6) is 0 Å². The van der Waals surface area contributed by atoms with Gasteiger partial charge in [-0.2, -0.15) is 0 Å². The van der Waals surface area contributed by atoms with Crippen LogP contribution in [0.3, 0.4) is 0 Å². The third-order valence-electron chi connectivity index (χ3n) is 3.64. The number of thiophene rings is 1. The van der Waals surface area contributed by atoms with Crippen LogP contribution >= 0.6 is 11.3 Å². The summed E-state index contributed by atoms with van der Waals surface area (Å²) >= 11 is 1.40. The zero-order valence-corrected chi connectivity index (χ0v) is 11.7. The van der Waals surface area contributed by atoms with Crippen molar-refractivity contribution in [3.05, 3.63) is 23.2 Å². The van der Waals surface area contributed by atoms with Gasteiger partial charge in [0.15, 0.2) is 0 Å². The fourth-order valence-corrected chi connectivity index (χ4v) is 3.66. The maximum atomic E-state index is 12.6. The summed E-state index contributed by atoms with van der Waals surface area (Å²) in [5, 5.41) is 0.890. The fourth-order valence-electron chi connectivity index (χ4n) is 2.63. The van der Waals surface area contributed by atoms with Crippen molar-refractivity contribution in [3.63, 3.8) is 0 Å². The fraction of sp³-hybridized carbons (Fsp3) is 0.429. The van der Waals surface area contributed by atoms with E-state index in [0.717, 1.165) is 29.7 Å². The van der Waals surface area contributed by atoms with E-state index < -0.39 is 0 Å². The molecule has 1 unspecified atom stereocenters. The molecule has 1 fully saturated rings. The molecular formula is C14H17N3OS. The molecule has 0 saturated carbocycles. The van der Waals surface area contributed by atoms with E-state index >= 15 is 0 Å². The Labute approximate surface area is 116 Å². The lowest BCUT2D eigenvalue weighted by Gasteiger charge is -2.30. The molecule has 0 aromatic carbocycles. The third-order valence-corrected chi connectivity index (χ3v) is 4.76. The van der Waals surface area contributed by atoms with Crippen molar-refractivity contribution in [1.29, 1.82) is 0 Å². The second-order valence-corrected chi connectivity index (χ2v) is 6.20. The lowest BCUT2D eigenvalue weighted by molar-refractivity contribution is 0.0689. The molecule has 0 aliphatic carbocycles. The number of nitrogens with zero attached hydrogens (tertiary/aromatic N) is 2. The molecule has 1 aliphatic heterocycles. The largest absolute Gasteiger partial charge is 0.397 e. The van der Waals surface area contributed by atoms with Crippen molar-refractivity contribution in [2.75, 3.05) is 18.8 Å². The molecule has 4 nitrogen and oxygen atoms in total. The number of rotatable bonds is 1. The SMILES string of the molecule is CC1CCCN(C(=O)c2sc3ncccc3c2N)C1. The standard InChI is InChI=1S/C14H17N3OS/c1-9-4-3-7-17(8-9)14(18)12-11(15)10-5-2-6-16-13(10)19-12/h2,5-6,9H,3-4,7-8,15H2,1H3. The van der Waals surface area contributed by atoms with E-state index in [1.807, 2.05) is 17.0 Å². The predicted molar refractivity (Wildman–Crippen MR) is 78.3 cm³/mol. The first kappa shape index (κ1) is 12.4. The summed E-state index contributed by atoms with van der Waals surface area (Å²) in [5.74, 6) is 0.637. The highest BCUT2D eigenvalue weighted by atomic mass is 32.1. The molecule has 5 heteroatoms. The van der Waals surface area contributed by atoms with E-state index in [1.165, 1.54) is 17.8 Å². The molecule has 1 aliphatic rings. The van der Waals surface area contributed by atoms with Gasteiger partial charge in [0.2, 0.25) is 0 Å². The summed E-state index contributed by atoms with van der Waals surface area (Å²) in [6.45, 7) is 3.86. The van der Waals surface area contributed by atoms with Gasteiger partial charge in [0.05, 0.1) is 5.69 Å². The average Bonchev–Trinajstić information content (AvgIpc) is 2.76. The Balaban J connectivity index is 1.95. The van der Waals surface area contributed by atoms with Gasteiger partial charge in [-0.25, -0.2) is 4.98 Å². The quantitative estimate of drug-likeness (QED) is 0.870. The van der Waals surface area contributed by atoms with Crippen LogP contribution in [0.1, 0.15) is 29.4 Å². The molecule has 1 atom stereocenters. The Bertz CT molecular complexity index is 622. The number of piperidine rings is 1. The first-order chi connectivity index (χ1) is 9.16. The molecule has 1 amide bonds. The second kappa shape index (κ2) is 4.81. The molecule has 2 N–H and O–H groups in total. The number of nitrogens with two attached hydrogens (primary N) is 1. The molecule has 3 heterocycles. The van der Waals surface area contributed by atoms with Crippen LogP contribution in [0.15, 0.2) is 18.3 Å². The maximum absolute atomic E-state index is 12.6. The van der Waals surface area contributed by atoms with E-state index in [4.69, 9.17) is 5.73 Å². The molecule has 19 heavy (non-hydrogen) atoms. The summed E-state index contributed by atoms with van der Waals surface area (Å²) < 4.78 is 0. The molecule has 2 aromatic heterocycles. The molecule has 0 spiro atoms. The van der Waals surface area contributed by atoms with Gasteiger partial charge in [-0.1, -0.05) is 6.92 Å². The van der Waals surface area contributed by atoms with Crippen LogP contribution in [0.2, 0.25) is 0 Å². The van der Waals surface area contributed by atoms with Crippen molar-refractivity contribution < 1.29 is 4.79 Å².